The molecule has 19 heavy (non-hydrogen) atoms. The second kappa shape index (κ2) is 5.35. The molecule has 1 N–H and O–H groups in total. The summed E-state index contributed by atoms with van der Waals surface area (Å²) < 4.78 is 30.8. The van der Waals surface area contributed by atoms with Crippen LogP contribution >= 0.6 is 0 Å². The molecule has 4 heteroatoms. The van der Waals surface area contributed by atoms with Gasteiger partial charge in [-0.05, 0) is 29.5 Å². The monoisotopic (exact) mass is 269 g/mol. The molecule has 106 valence electrons. The van der Waals surface area contributed by atoms with Crippen molar-refractivity contribution in [3.63, 3.8) is 0 Å². The lowest BCUT2D eigenvalue weighted by molar-refractivity contribution is -0.106. The van der Waals surface area contributed by atoms with Crippen LogP contribution in [-0.4, -0.2) is 19.6 Å². The van der Waals surface area contributed by atoms with Gasteiger partial charge in [0.1, 0.15) is 5.75 Å². The van der Waals surface area contributed by atoms with Crippen molar-refractivity contribution in [1.29, 1.82) is 0 Å². The van der Waals surface area contributed by atoms with Gasteiger partial charge in [-0.25, -0.2) is 8.78 Å². The van der Waals surface area contributed by atoms with E-state index in [0.29, 0.717) is 12.5 Å². The van der Waals surface area contributed by atoms with E-state index < -0.39 is 5.92 Å². The van der Waals surface area contributed by atoms with Gasteiger partial charge in [0.15, 0.2) is 0 Å². The number of anilines is 1. The fourth-order valence-electron chi connectivity index (χ4n) is 2.40. The maximum Gasteiger partial charge on any atom is 0.248 e. The Bertz CT molecular complexity index is 438. The zero-order valence-electron chi connectivity index (χ0n) is 11.7. The molecule has 0 aromatic heterocycles. The first kappa shape index (κ1) is 14.1. The van der Waals surface area contributed by atoms with Crippen LogP contribution in [0.15, 0.2) is 18.2 Å². The molecule has 0 atom stereocenters. The minimum absolute atomic E-state index is 0.00755. The Labute approximate surface area is 113 Å². The van der Waals surface area contributed by atoms with Crippen LogP contribution in [-0.2, 0) is 0 Å². The molecule has 1 saturated carbocycles. The van der Waals surface area contributed by atoms with E-state index in [1.165, 1.54) is 5.56 Å². The molecule has 0 amide bonds. The van der Waals surface area contributed by atoms with Crippen molar-refractivity contribution in [3.05, 3.63) is 23.8 Å². The fraction of sp³-hybridized carbons (Fsp3) is 0.600. The van der Waals surface area contributed by atoms with E-state index in [9.17, 15) is 8.78 Å². The third-order valence-electron chi connectivity index (χ3n) is 3.65. The topological polar surface area (TPSA) is 21.3 Å². The lowest BCUT2D eigenvalue weighted by Crippen LogP contribution is -2.39. The summed E-state index contributed by atoms with van der Waals surface area (Å²) in [6, 6.07) is 6.01. The lowest BCUT2D eigenvalue weighted by Gasteiger charge is -2.35. The van der Waals surface area contributed by atoms with E-state index >= 15 is 0 Å². The second-order valence-corrected chi connectivity index (χ2v) is 5.63. The summed E-state index contributed by atoms with van der Waals surface area (Å²) in [5.74, 6) is -1.17. The molecular weight excluding hydrogens is 248 g/mol. The number of ether oxygens (including phenoxy) is 1. The third kappa shape index (κ3) is 3.37. The predicted octanol–water partition coefficient (Wildman–Crippen LogP) is 4.28. The second-order valence-electron chi connectivity index (χ2n) is 5.63. The smallest absolute Gasteiger partial charge is 0.248 e. The highest BCUT2D eigenvalue weighted by molar-refractivity contribution is 5.58. The van der Waals surface area contributed by atoms with Crippen LogP contribution < -0.4 is 10.1 Å². The van der Waals surface area contributed by atoms with Gasteiger partial charge in [-0.15, -0.1) is 0 Å². The van der Waals surface area contributed by atoms with Crippen molar-refractivity contribution in [2.24, 2.45) is 5.92 Å². The van der Waals surface area contributed by atoms with Crippen molar-refractivity contribution in [1.82, 2.24) is 0 Å². The molecule has 1 fully saturated rings. The number of halogens is 2. The minimum atomic E-state index is -2.45. The SMILES string of the molecule is COc1cc(C(C)C)ccc1NCC1CC(F)(F)C1. The standard InChI is InChI=1S/C15H21F2NO/c1-10(2)12-4-5-13(14(6-12)19-3)18-9-11-7-15(16,17)8-11/h4-6,10-11,18H,7-9H2,1-3H3. The number of rotatable bonds is 5. The molecule has 0 saturated heterocycles. The Kier molecular flexibility index (Phi) is 3.97. The summed E-state index contributed by atoms with van der Waals surface area (Å²) in [5, 5.41) is 3.21. The maximum atomic E-state index is 12.7. The summed E-state index contributed by atoms with van der Waals surface area (Å²) in [7, 11) is 1.63. The average molecular weight is 269 g/mol. The number of methoxy groups -OCH3 is 1. The van der Waals surface area contributed by atoms with Gasteiger partial charge in [0.25, 0.3) is 0 Å². The highest BCUT2D eigenvalue weighted by Crippen LogP contribution is 2.42. The van der Waals surface area contributed by atoms with Gasteiger partial charge in [0, 0.05) is 19.4 Å². The Balaban J connectivity index is 1.96. The quantitative estimate of drug-likeness (QED) is 0.861. The van der Waals surface area contributed by atoms with Gasteiger partial charge < -0.3 is 10.1 Å². The third-order valence-corrected chi connectivity index (χ3v) is 3.65. The Hall–Kier alpha value is -1.32. The molecule has 0 radical (unpaired) electrons. The Morgan fingerprint density at radius 3 is 2.58 bits per heavy atom. The molecule has 1 aromatic carbocycles. The van der Waals surface area contributed by atoms with Crippen LogP contribution in [0.4, 0.5) is 14.5 Å². The highest BCUT2D eigenvalue weighted by atomic mass is 19.3. The van der Waals surface area contributed by atoms with E-state index in [1.807, 2.05) is 18.2 Å². The summed E-state index contributed by atoms with van der Waals surface area (Å²) in [4.78, 5) is 0. The van der Waals surface area contributed by atoms with Gasteiger partial charge in [-0.2, -0.15) is 0 Å². The maximum absolute atomic E-state index is 12.7. The zero-order valence-corrected chi connectivity index (χ0v) is 11.7. The molecule has 0 unspecified atom stereocenters. The minimum Gasteiger partial charge on any atom is -0.495 e. The Morgan fingerprint density at radius 2 is 2.05 bits per heavy atom. The molecule has 2 rings (SSSR count). The highest BCUT2D eigenvalue weighted by Gasteiger charge is 2.44. The Morgan fingerprint density at radius 1 is 1.37 bits per heavy atom. The fourth-order valence-corrected chi connectivity index (χ4v) is 2.40. The number of nitrogens with one attached hydrogen (secondary N) is 1. The first-order chi connectivity index (χ1) is 8.91. The molecule has 0 bridgehead atoms. The summed E-state index contributed by atoms with van der Waals surface area (Å²) in [6.07, 6.45) is -0.0151. The molecule has 0 spiro atoms. The number of alkyl halides is 2. The van der Waals surface area contributed by atoms with Crippen molar-refractivity contribution in [2.45, 2.75) is 38.5 Å². The summed E-state index contributed by atoms with van der Waals surface area (Å²) >= 11 is 0. The van der Waals surface area contributed by atoms with Gasteiger partial charge in [0.2, 0.25) is 5.92 Å². The summed E-state index contributed by atoms with van der Waals surface area (Å²) in [5.41, 5.74) is 2.08. The molecule has 2 nitrogen and oxygen atoms in total. The molecule has 1 aliphatic carbocycles. The van der Waals surface area contributed by atoms with Gasteiger partial charge in [-0.3, -0.25) is 0 Å². The normalized spacial score (nSPS) is 18.2. The largest absolute Gasteiger partial charge is 0.495 e. The zero-order chi connectivity index (χ0) is 14.0. The lowest BCUT2D eigenvalue weighted by atomic mass is 9.81. The van der Waals surface area contributed by atoms with Crippen LogP contribution in [0.5, 0.6) is 5.75 Å². The summed E-state index contributed by atoms with van der Waals surface area (Å²) in [6.45, 7) is 4.82. The first-order valence-corrected chi connectivity index (χ1v) is 6.71. The van der Waals surface area contributed by atoms with Crippen molar-refractivity contribution < 1.29 is 13.5 Å². The number of hydrogen-bond acceptors (Lipinski definition) is 2. The molecule has 0 heterocycles. The van der Waals surface area contributed by atoms with Crippen molar-refractivity contribution in [3.8, 4) is 5.75 Å². The average Bonchev–Trinajstić information content (AvgIpc) is 2.33. The first-order valence-electron chi connectivity index (χ1n) is 6.71. The van der Waals surface area contributed by atoms with E-state index in [1.54, 1.807) is 7.11 Å². The molecule has 1 aliphatic rings. The van der Waals surface area contributed by atoms with Crippen LogP contribution in [0.2, 0.25) is 0 Å². The van der Waals surface area contributed by atoms with Crippen LogP contribution in [0.1, 0.15) is 38.2 Å². The number of hydrogen-bond donors (Lipinski definition) is 1. The van der Waals surface area contributed by atoms with E-state index in [-0.39, 0.29) is 18.8 Å². The van der Waals surface area contributed by atoms with Gasteiger partial charge in [-0.1, -0.05) is 19.9 Å². The van der Waals surface area contributed by atoms with Crippen molar-refractivity contribution >= 4 is 5.69 Å². The van der Waals surface area contributed by atoms with E-state index in [4.69, 9.17) is 4.74 Å². The molecule has 0 aliphatic heterocycles. The molecular formula is C15H21F2NO. The van der Waals surface area contributed by atoms with Gasteiger partial charge >= 0.3 is 0 Å². The predicted molar refractivity (Wildman–Crippen MR) is 73.2 cm³/mol. The van der Waals surface area contributed by atoms with Crippen LogP contribution in [0.25, 0.3) is 0 Å². The van der Waals surface area contributed by atoms with Crippen molar-refractivity contribution in [2.75, 3.05) is 19.0 Å². The molecule has 1 aromatic rings. The van der Waals surface area contributed by atoms with Crippen LogP contribution in [0.3, 0.4) is 0 Å². The van der Waals surface area contributed by atoms with Gasteiger partial charge in [0.05, 0.1) is 12.8 Å². The van der Waals surface area contributed by atoms with Crippen LogP contribution in [0, 0.1) is 5.92 Å². The van der Waals surface area contributed by atoms with E-state index in [2.05, 4.69) is 19.2 Å². The number of benzene rings is 1. The van der Waals surface area contributed by atoms with E-state index in [0.717, 1.165) is 11.4 Å².